The lowest BCUT2D eigenvalue weighted by Gasteiger charge is -2.58. The third-order valence-electron chi connectivity index (χ3n) is 8.62. The van der Waals surface area contributed by atoms with Crippen LogP contribution >= 0.6 is 0 Å². The Labute approximate surface area is 225 Å². The van der Waals surface area contributed by atoms with Crippen LogP contribution in [0.4, 0.5) is 5.69 Å². The molecule has 0 radical (unpaired) electrons. The van der Waals surface area contributed by atoms with Gasteiger partial charge in [-0.25, -0.2) is 16.8 Å². The smallest absolute Gasteiger partial charge is 0.275 e. The van der Waals surface area contributed by atoms with Gasteiger partial charge in [-0.05, 0) is 80.5 Å². The van der Waals surface area contributed by atoms with Crippen LogP contribution in [-0.4, -0.2) is 43.4 Å². The van der Waals surface area contributed by atoms with E-state index in [4.69, 9.17) is 0 Å². The van der Waals surface area contributed by atoms with Gasteiger partial charge in [-0.2, -0.15) is 0 Å². The van der Waals surface area contributed by atoms with Crippen LogP contribution in [0.2, 0.25) is 0 Å². The highest BCUT2D eigenvalue weighted by Gasteiger charge is 2.58. The SMILES string of the molecule is O=C(N[C@@H](C(=O)NN1S(=O)(=O)c2ccccc2S1(=O)=O)C12CC3CC(CC(C3)C1)C2)c1ccc([N+](=O)[O-])cc1. The average molecular weight is 575 g/mol. The molecule has 0 spiro atoms. The number of carbonyl (C=O) groups is 2. The highest BCUT2D eigenvalue weighted by atomic mass is 32.3. The number of nitrogens with one attached hydrogen (secondary N) is 2. The molecular weight excluding hydrogens is 548 g/mol. The molecule has 0 saturated heterocycles. The van der Waals surface area contributed by atoms with Crippen LogP contribution in [0.15, 0.2) is 58.3 Å². The van der Waals surface area contributed by atoms with Crippen molar-refractivity contribution in [3.05, 3.63) is 64.2 Å². The fraction of sp³-hybridized carbons (Fsp3) is 0.440. The molecule has 5 aliphatic rings. The molecule has 1 atom stereocenters. The molecule has 0 aromatic heterocycles. The van der Waals surface area contributed by atoms with E-state index in [0.29, 0.717) is 37.0 Å². The zero-order chi connectivity index (χ0) is 27.7. The van der Waals surface area contributed by atoms with E-state index in [1.54, 1.807) is 0 Å². The molecule has 12 nitrogen and oxygen atoms in total. The quantitative estimate of drug-likeness (QED) is 0.391. The van der Waals surface area contributed by atoms with Crippen molar-refractivity contribution < 1.29 is 31.3 Å². The Balaban J connectivity index is 1.34. The standard InChI is InChI=1S/C25H26N4O8S2/c30-23(18-5-7-19(8-6-18)28(32)33)26-22(25-12-15-9-16(13-25)11-17(10-15)14-25)24(31)27-29-38(34,35)20-3-1-2-4-21(20)39(29,36)37/h1-8,15-17,22H,9-14H2,(H,26,30)(H,27,31)/t15?,16?,17?,22-,25?/m0/s1. The number of benzene rings is 2. The van der Waals surface area contributed by atoms with Crippen LogP contribution in [0.3, 0.4) is 0 Å². The number of amides is 2. The van der Waals surface area contributed by atoms with Crippen LogP contribution in [-0.2, 0) is 24.8 Å². The normalized spacial score (nSPS) is 30.3. The summed E-state index contributed by atoms with van der Waals surface area (Å²) in [6, 6.07) is 8.76. The van der Waals surface area contributed by atoms with E-state index in [9.17, 15) is 36.5 Å². The monoisotopic (exact) mass is 574 g/mol. The maximum Gasteiger partial charge on any atom is 0.275 e. The number of nitro groups is 1. The highest BCUT2D eigenvalue weighted by Crippen LogP contribution is 2.61. The third kappa shape index (κ3) is 4.12. The molecule has 0 unspecified atom stereocenters. The second-order valence-electron chi connectivity index (χ2n) is 11.1. The number of non-ortho nitro benzene ring substituents is 1. The molecule has 206 valence electrons. The molecule has 7 rings (SSSR count). The number of hydrogen-bond acceptors (Lipinski definition) is 8. The van der Waals surface area contributed by atoms with Gasteiger partial charge in [0.05, 0.1) is 4.92 Å². The van der Waals surface area contributed by atoms with Gasteiger partial charge >= 0.3 is 0 Å². The summed E-state index contributed by atoms with van der Waals surface area (Å²) in [5, 5.41) is 13.8. The van der Waals surface area contributed by atoms with Crippen LogP contribution < -0.4 is 10.7 Å². The molecule has 4 fully saturated rings. The first-order valence-electron chi connectivity index (χ1n) is 12.7. The molecule has 2 aromatic carbocycles. The Morgan fingerprint density at radius 3 is 1.82 bits per heavy atom. The van der Waals surface area contributed by atoms with Gasteiger partial charge in [0.15, 0.2) is 0 Å². The maximum atomic E-state index is 13.9. The van der Waals surface area contributed by atoms with Crippen LogP contribution in [0, 0.1) is 33.3 Å². The van der Waals surface area contributed by atoms with E-state index >= 15 is 0 Å². The maximum absolute atomic E-state index is 13.9. The Morgan fingerprint density at radius 1 is 0.872 bits per heavy atom. The number of hydrogen-bond donors (Lipinski definition) is 2. The number of carbonyl (C=O) groups excluding carboxylic acids is 2. The van der Waals surface area contributed by atoms with Crippen molar-refractivity contribution >= 4 is 37.5 Å². The van der Waals surface area contributed by atoms with Crippen molar-refractivity contribution in [1.82, 2.24) is 14.6 Å². The molecule has 4 bridgehead atoms. The summed E-state index contributed by atoms with van der Waals surface area (Å²) in [4.78, 5) is 36.7. The summed E-state index contributed by atoms with van der Waals surface area (Å²) < 4.78 is 52.5. The lowest BCUT2D eigenvalue weighted by atomic mass is 9.47. The first kappa shape index (κ1) is 25.9. The highest BCUT2D eigenvalue weighted by molar-refractivity contribution is 8.06. The van der Waals surface area contributed by atoms with E-state index in [1.165, 1.54) is 36.4 Å². The molecule has 14 heteroatoms. The second-order valence-corrected chi connectivity index (χ2v) is 14.9. The van der Waals surface area contributed by atoms with Gasteiger partial charge in [-0.3, -0.25) is 25.1 Å². The van der Waals surface area contributed by atoms with Crippen molar-refractivity contribution in [3.63, 3.8) is 0 Å². The molecule has 2 N–H and O–H groups in total. The Morgan fingerprint density at radius 2 is 1.36 bits per heavy atom. The van der Waals surface area contributed by atoms with Crippen molar-refractivity contribution in [2.75, 3.05) is 0 Å². The first-order chi connectivity index (χ1) is 18.4. The van der Waals surface area contributed by atoms with E-state index in [-0.39, 0.29) is 15.1 Å². The first-order valence-corrected chi connectivity index (χ1v) is 15.5. The van der Waals surface area contributed by atoms with E-state index < -0.39 is 58.0 Å². The largest absolute Gasteiger partial charge is 0.340 e. The summed E-state index contributed by atoms with van der Waals surface area (Å²) in [7, 11) is -9.19. The van der Waals surface area contributed by atoms with Gasteiger partial charge in [-0.1, -0.05) is 12.1 Å². The van der Waals surface area contributed by atoms with Gasteiger partial charge in [0.2, 0.25) is 0 Å². The van der Waals surface area contributed by atoms with Gasteiger partial charge in [0, 0.05) is 26.9 Å². The number of fused-ring (bicyclic) bond motifs is 1. The summed E-state index contributed by atoms with van der Waals surface area (Å²) >= 11 is 0. The molecule has 2 aromatic rings. The van der Waals surface area contributed by atoms with Gasteiger partial charge in [0.1, 0.15) is 15.8 Å². The third-order valence-corrected chi connectivity index (χ3v) is 12.8. The van der Waals surface area contributed by atoms with Crippen LogP contribution in [0.25, 0.3) is 0 Å². The molecule has 4 aliphatic carbocycles. The minimum Gasteiger partial charge on any atom is -0.340 e. The van der Waals surface area contributed by atoms with Crippen LogP contribution in [0.1, 0.15) is 48.9 Å². The summed E-state index contributed by atoms with van der Waals surface area (Å²) in [5.74, 6) is -0.507. The summed E-state index contributed by atoms with van der Waals surface area (Å²) in [5.41, 5.74) is 1.33. The minimum absolute atomic E-state index is 0.00145. The molecule has 4 saturated carbocycles. The summed E-state index contributed by atoms with van der Waals surface area (Å²) in [6.45, 7) is 0. The van der Waals surface area contributed by atoms with Crippen molar-refractivity contribution in [2.45, 2.75) is 54.4 Å². The van der Waals surface area contributed by atoms with Gasteiger partial charge < -0.3 is 5.32 Å². The van der Waals surface area contributed by atoms with Crippen molar-refractivity contribution in [3.8, 4) is 0 Å². The summed E-state index contributed by atoms with van der Waals surface area (Å²) in [6.07, 6.45) is 5.06. The Hall–Kier alpha value is -3.36. The van der Waals surface area contributed by atoms with E-state index in [1.807, 2.05) is 0 Å². The fourth-order valence-electron chi connectivity index (χ4n) is 7.44. The van der Waals surface area contributed by atoms with Gasteiger partial charge in [-0.15, -0.1) is 0 Å². The van der Waals surface area contributed by atoms with Crippen molar-refractivity contribution in [2.24, 2.45) is 23.2 Å². The Kier molecular flexibility index (Phi) is 5.86. The van der Waals surface area contributed by atoms with Gasteiger partial charge in [0.25, 0.3) is 37.5 Å². The topological polar surface area (TPSA) is 173 Å². The lowest BCUT2D eigenvalue weighted by Crippen LogP contribution is -2.64. The number of nitrogens with zero attached hydrogens (tertiary/aromatic N) is 2. The zero-order valence-corrected chi connectivity index (χ0v) is 22.3. The molecular formula is C25H26N4O8S2. The fourth-order valence-corrected chi connectivity index (χ4v) is 11.5. The van der Waals surface area contributed by atoms with Crippen LogP contribution in [0.5, 0.6) is 0 Å². The predicted molar refractivity (Wildman–Crippen MR) is 136 cm³/mol. The molecule has 1 heterocycles. The number of sulfonamides is 2. The van der Waals surface area contributed by atoms with E-state index in [0.717, 1.165) is 31.4 Å². The molecule has 39 heavy (non-hydrogen) atoms. The lowest BCUT2D eigenvalue weighted by molar-refractivity contribution is -0.384. The number of nitro benzene ring substituents is 1. The number of rotatable bonds is 6. The van der Waals surface area contributed by atoms with Crippen molar-refractivity contribution in [1.29, 1.82) is 0 Å². The zero-order valence-electron chi connectivity index (χ0n) is 20.6. The Bertz CT molecular complexity index is 1520. The van der Waals surface area contributed by atoms with E-state index in [2.05, 4.69) is 10.7 Å². The second kappa shape index (κ2) is 8.83. The molecule has 2 amide bonds. The average Bonchev–Trinajstić information content (AvgIpc) is 3.03. The molecule has 1 aliphatic heterocycles. The predicted octanol–water partition coefficient (Wildman–Crippen LogP) is 2.33. The minimum atomic E-state index is -4.60. The number of hydrazine groups is 1.